The van der Waals surface area contributed by atoms with Crippen LogP contribution in [0.15, 0.2) is 21.9 Å². The van der Waals surface area contributed by atoms with Gasteiger partial charge in [-0.3, -0.25) is 4.18 Å². The Bertz CT molecular complexity index is 2670. The Morgan fingerprint density at radius 3 is 1.12 bits per heavy atom. The normalized spacial score (nSPS) is 15.0. The minimum absolute atomic E-state index is 0. The van der Waals surface area contributed by atoms with Gasteiger partial charge >= 0.3 is 107 Å². The van der Waals surface area contributed by atoms with Gasteiger partial charge in [-0.25, -0.2) is 43.9 Å². The van der Waals surface area contributed by atoms with Crippen molar-refractivity contribution in [1.29, 1.82) is 0 Å². The molecule has 35 heteroatoms. The molecule has 0 N–H and O–H groups in total. The molecule has 10 nitrogen and oxygen atoms in total. The van der Waals surface area contributed by atoms with Gasteiger partial charge in [0.25, 0.3) is 9.84 Å². The van der Waals surface area contributed by atoms with E-state index in [1.165, 1.54) is 41.5 Å². The van der Waals surface area contributed by atoms with Gasteiger partial charge < -0.3 is 4.55 Å². The van der Waals surface area contributed by atoms with Crippen molar-refractivity contribution in [3.63, 3.8) is 0 Å². The van der Waals surface area contributed by atoms with E-state index >= 15 is 8.78 Å². The molecule has 0 unspecified atom stereocenters. The molecule has 2 aromatic carbocycles. The summed E-state index contributed by atoms with van der Waals surface area (Å²) < 4.78 is 368. The van der Waals surface area contributed by atoms with Crippen LogP contribution in [0.2, 0.25) is 0 Å². The van der Waals surface area contributed by atoms with Crippen LogP contribution in [0.25, 0.3) is 0 Å². The monoisotopic (exact) mass is 1190 g/mol. The zero-order valence-corrected chi connectivity index (χ0v) is 45.8. The van der Waals surface area contributed by atoms with Gasteiger partial charge in [0.2, 0.25) is 0 Å². The zero-order valence-electron chi connectivity index (χ0n) is 39.4. The van der Waals surface area contributed by atoms with Crippen molar-refractivity contribution in [1.82, 2.24) is 0 Å². The molecule has 72 heavy (non-hydrogen) atoms. The molecular formula is C37H41F20KO10S4. The van der Waals surface area contributed by atoms with Crippen LogP contribution in [0.4, 0.5) is 87.8 Å². The molecular weight excluding hydrogens is 1150 g/mol. The number of benzene rings is 2. The first kappa shape index (κ1) is 70.7. The maximum atomic E-state index is 15.3. The number of hydrogen-bond acceptors (Lipinski definition) is 11. The van der Waals surface area contributed by atoms with Gasteiger partial charge in [-0.1, -0.05) is 83.1 Å². The second kappa shape index (κ2) is 21.2. The summed E-state index contributed by atoms with van der Waals surface area (Å²) in [5, 5.41) is -26.6. The van der Waals surface area contributed by atoms with E-state index in [0.29, 0.717) is 12.1 Å². The van der Waals surface area contributed by atoms with Crippen LogP contribution >= 0.6 is 11.8 Å². The molecule has 2 aromatic rings. The Labute approximate surface area is 445 Å². The fraction of sp³-hybridized carbons (Fsp3) is 0.676. The Morgan fingerprint density at radius 1 is 0.472 bits per heavy atom. The molecule has 0 atom stereocenters. The van der Waals surface area contributed by atoms with Crippen molar-refractivity contribution >= 4 is 41.8 Å². The van der Waals surface area contributed by atoms with E-state index in [1.54, 1.807) is 0 Å². The summed E-state index contributed by atoms with van der Waals surface area (Å²) in [4.78, 5) is -3.81. The summed E-state index contributed by atoms with van der Waals surface area (Å²) in [5.74, 6) is -6.72. The smallest absolute Gasteiger partial charge is 0.743 e. The first-order valence-corrected chi connectivity index (χ1v) is 23.8. The van der Waals surface area contributed by atoms with Crippen molar-refractivity contribution in [3.8, 4) is 0 Å². The first-order chi connectivity index (χ1) is 30.5. The molecule has 0 aromatic heterocycles. The molecule has 414 valence electrons. The average molecular weight is 1190 g/mol. The van der Waals surface area contributed by atoms with Gasteiger partial charge in [-0.15, -0.1) is 0 Å². The van der Waals surface area contributed by atoms with Crippen LogP contribution < -0.4 is 51.4 Å². The van der Waals surface area contributed by atoms with Crippen LogP contribution in [0.1, 0.15) is 105 Å². The number of hydrogen-bond donors (Lipinski definition) is 0. The minimum Gasteiger partial charge on any atom is -0.743 e. The molecule has 0 saturated carbocycles. The second-order valence-electron chi connectivity index (χ2n) is 18.9. The Morgan fingerprint density at radius 2 is 0.792 bits per heavy atom. The molecule has 0 spiro atoms. The van der Waals surface area contributed by atoms with Crippen molar-refractivity contribution in [2.24, 2.45) is 0 Å². The van der Waals surface area contributed by atoms with Crippen molar-refractivity contribution < 1.29 is 183 Å². The number of ether oxygens (including phenoxy) is 2. The number of alkyl halides is 16. The number of halogens is 20. The Kier molecular flexibility index (Phi) is 20.8. The Balaban J connectivity index is 0.00000138. The topological polar surface area (TPSA) is 153 Å². The van der Waals surface area contributed by atoms with E-state index in [4.69, 9.17) is 0 Å². The summed E-state index contributed by atoms with van der Waals surface area (Å²) >= 11 is -1.44. The Hall–Kier alpha value is -1.28. The van der Waals surface area contributed by atoms with E-state index in [0.717, 1.165) is 41.5 Å². The molecule has 0 radical (unpaired) electrons. The molecule has 0 aliphatic carbocycles. The average Bonchev–Trinajstić information content (AvgIpc) is 3.09. The number of thioether (sulfide) groups is 1. The molecule has 0 amide bonds. The van der Waals surface area contributed by atoms with Gasteiger partial charge in [0.05, 0.1) is 12.0 Å². The van der Waals surface area contributed by atoms with Crippen LogP contribution in [0, 0.1) is 23.3 Å². The fourth-order valence-electron chi connectivity index (χ4n) is 5.47. The van der Waals surface area contributed by atoms with Crippen LogP contribution in [-0.4, -0.2) is 82.4 Å². The van der Waals surface area contributed by atoms with E-state index in [2.05, 4.69) is 8.92 Å². The molecule has 0 fully saturated rings. The number of rotatable bonds is 15. The van der Waals surface area contributed by atoms with Gasteiger partial charge in [0.1, 0.15) is 28.2 Å². The maximum absolute atomic E-state index is 15.3. The van der Waals surface area contributed by atoms with Crippen LogP contribution in [0.3, 0.4) is 0 Å². The number of sulfone groups is 1. The summed E-state index contributed by atoms with van der Waals surface area (Å²) in [6, 6.07) is 1.06. The van der Waals surface area contributed by atoms with Crippen molar-refractivity contribution in [2.45, 2.75) is 160 Å². The molecule has 0 aliphatic heterocycles. The third-order valence-corrected chi connectivity index (χ3v) is 14.1. The zero-order chi connectivity index (χ0) is 57.5. The van der Waals surface area contributed by atoms with Crippen molar-refractivity contribution in [2.75, 3.05) is 7.11 Å². The van der Waals surface area contributed by atoms with Gasteiger partial charge in [-0.2, -0.15) is 78.7 Å². The standard InChI is InChI=1S/C19H22F10O4S2.C18H20F10O6S2.K/c1-14(2,3)9-8-10(20)11(15(4,5)6)13(12(9)21)34-18(26,27)16(22,23)33-17(24,25)19(28,29)35(30,31)32-7;1-13(2,3)8-7-9(19)10(14(4,5)6)12(11(8)20)35(29,30)17(25,26)15(21,22)34-16(23,24)18(27,28)36(31,32)33;/h8H,1-7H3;7H,1-6H3,(H,31,32,33);/q;;+1/p-1. The van der Waals surface area contributed by atoms with Gasteiger partial charge in [-0.05, 0) is 56.7 Å². The van der Waals surface area contributed by atoms with E-state index in [9.17, 15) is 109 Å². The molecule has 0 saturated heterocycles. The van der Waals surface area contributed by atoms with Gasteiger partial charge in [0, 0.05) is 11.1 Å². The second-order valence-corrected chi connectivity index (χ2v) is 25.1. The molecule has 0 heterocycles. The van der Waals surface area contributed by atoms with Crippen LogP contribution in [0.5, 0.6) is 0 Å². The van der Waals surface area contributed by atoms with Crippen LogP contribution in [-0.2, 0) is 65.4 Å². The van der Waals surface area contributed by atoms with E-state index < -0.39 is 164 Å². The third-order valence-electron chi connectivity index (χ3n) is 9.01. The molecule has 0 aliphatic rings. The summed E-state index contributed by atoms with van der Waals surface area (Å²) in [6.45, 7) is 13.9. The summed E-state index contributed by atoms with van der Waals surface area (Å²) in [7, 11) is -21.5. The third kappa shape index (κ3) is 13.7. The molecule has 0 bridgehead atoms. The molecule has 2 rings (SSSR count). The summed E-state index contributed by atoms with van der Waals surface area (Å²) in [5.41, 5.74) is -9.91. The fourth-order valence-corrected chi connectivity index (χ4v) is 9.10. The van der Waals surface area contributed by atoms with E-state index in [-0.39, 0.29) is 58.5 Å². The predicted octanol–water partition coefficient (Wildman–Crippen LogP) is 9.29. The SMILES string of the molecule is CC(C)(C)c1cc(F)c(C(C)(C)C)c(S(=O)(=O)C(F)(F)C(F)(F)OC(F)(F)C(F)(F)S(=O)(=O)[O-])c1F.COS(=O)(=O)C(F)(F)C(F)(F)OC(F)(F)C(F)(F)Sc1c(F)c(C(C)(C)C)cc(F)c1C(C)(C)C.[K+]. The van der Waals surface area contributed by atoms with Gasteiger partial charge in [0.15, 0.2) is 10.1 Å². The maximum Gasteiger partial charge on any atom is 1.00 e. The summed E-state index contributed by atoms with van der Waals surface area (Å²) in [6.07, 6.45) is -27.7. The predicted molar refractivity (Wildman–Crippen MR) is 208 cm³/mol. The quantitative estimate of drug-likeness (QED) is 0.0552. The largest absolute Gasteiger partial charge is 1.00 e. The first-order valence-electron chi connectivity index (χ1n) is 18.7. The van der Waals surface area contributed by atoms with E-state index in [1.807, 2.05) is 4.74 Å². The minimum atomic E-state index is -7.52. The van der Waals surface area contributed by atoms with Crippen molar-refractivity contribution in [3.05, 3.63) is 57.7 Å².